The SMILES string of the molecule is OC(CN1CCOCC1)CN1CCC(c2nnc3ccccn23)CC1. The molecular weight excluding hydrogens is 318 g/mol. The lowest BCUT2D eigenvalue weighted by atomic mass is 9.95. The predicted molar refractivity (Wildman–Crippen MR) is 94.7 cm³/mol. The minimum atomic E-state index is -0.288. The average Bonchev–Trinajstić information content (AvgIpc) is 3.07. The summed E-state index contributed by atoms with van der Waals surface area (Å²) in [6, 6.07) is 6.01. The third kappa shape index (κ3) is 4.00. The monoisotopic (exact) mass is 345 g/mol. The van der Waals surface area contributed by atoms with E-state index in [4.69, 9.17) is 4.74 Å². The molecule has 2 aromatic rings. The second kappa shape index (κ2) is 7.78. The van der Waals surface area contributed by atoms with Crippen LogP contribution >= 0.6 is 0 Å². The number of β-amino-alcohol motifs (C(OH)–C–C–N with tert-alkyl or cyclic N) is 1. The van der Waals surface area contributed by atoms with Gasteiger partial charge in [0.2, 0.25) is 0 Å². The summed E-state index contributed by atoms with van der Waals surface area (Å²) in [6.07, 6.45) is 3.90. The second-order valence-corrected chi connectivity index (χ2v) is 7.13. The molecule has 1 N–H and O–H groups in total. The minimum Gasteiger partial charge on any atom is -0.390 e. The number of morpholine rings is 1. The highest BCUT2D eigenvalue weighted by molar-refractivity contribution is 5.37. The first-order valence-corrected chi connectivity index (χ1v) is 9.30. The largest absolute Gasteiger partial charge is 0.390 e. The molecule has 0 aliphatic carbocycles. The Kier molecular flexibility index (Phi) is 5.26. The molecule has 4 rings (SSSR count). The lowest BCUT2D eigenvalue weighted by Crippen LogP contribution is -2.46. The number of rotatable bonds is 5. The van der Waals surface area contributed by atoms with Gasteiger partial charge in [-0.3, -0.25) is 9.30 Å². The van der Waals surface area contributed by atoms with Crippen LogP contribution < -0.4 is 0 Å². The van der Waals surface area contributed by atoms with Gasteiger partial charge in [-0.2, -0.15) is 0 Å². The number of ether oxygens (including phenoxy) is 1. The Morgan fingerprint density at radius 3 is 2.52 bits per heavy atom. The number of aromatic nitrogens is 3. The summed E-state index contributed by atoms with van der Waals surface area (Å²) in [6.45, 7) is 6.94. The fourth-order valence-corrected chi connectivity index (χ4v) is 3.95. The predicted octanol–water partition coefficient (Wildman–Crippen LogP) is 0.602. The van der Waals surface area contributed by atoms with Crippen LogP contribution in [0.1, 0.15) is 24.6 Å². The Morgan fingerprint density at radius 1 is 1.04 bits per heavy atom. The standard InChI is InChI=1S/C18H27N5O2/c24-16(14-22-9-11-25-12-10-22)13-21-7-4-15(5-8-21)18-20-19-17-3-1-2-6-23(17)18/h1-3,6,15-16,24H,4-5,7-14H2. The molecule has 0 spiro atoms. The molecular formula is C18H27N5O2. The fraction of sp³-hybridized carbons (Fsp3) is 0.667. The van der Waals surface area contributed by atoms with Crippen LogP contribution in [0.5, 0.6) is 0 Å². The van der Waals surface area contributed by atoms with E-state index in [9.17, 15) is 5.11 Å². The zero-order valence-electron chi connectivity index (χ0n) is 14.6. The molecule has 4 heterocycles. The van der Waals surface area contributed by atoms with Crippen LogP contribution in [0.4, 0.5) is 0 Å². The quantitative estimate of drug-likeness (QED) is 0.856. The van der Waals surface area contributed by atoms with E-state index < -0.39 is 0 Å². The van der Waals surface area contributed by atoms with E-state index in [1.54, 1.807) is 0 Å². The molecule has 136 valence electrons. The Morgan fingerprint density at radius 2 is 1.76 bits per heavy atom. The van der Waals surface area contributed by atoms with Gasteiger partial charge in [0.25, 0.3) is 0 Å². The molecule has 7 nitrogen and oxygen atoms in total. The molecule has 1 atom stereocenters. The first-order valence-electron chi connectivity index (χ1n) is 9.30. The highest BCUT2D eigenvalue weighted by Crippen LogP contribution is 2.27. The van der Waals surface area contributed by atoms with Crippen molar-refractivity contribution >= 4 is 5.65 Å². The van der Waals surface area contributed by atoms with Crippen molar-refractivity contribution in [1.29, 1.82) is 0 Å². The van der Waals surface area contributed by atoms with Gasteiger partial charge in [-0.25, -0.2) is 0 Å². The van der Waals surface area contributed by atoms with Crippen molar-refractivity contribution < 1.29 is 9.84 Å². The van der Waals surface area contributed by atoms with Crippen molar-refractivity contribution in [1.82, 2.24) is 24.4 Å². The van der Waals surface area contributed by atoms with Gasteiger partial charge in [0.1, 0.15) is 5.82 Å². The first kappa shape index (κ1) is 16.9. The minimum absolute atomic E-state index is 0.288. The van der Waals surface area contributed by atoms with Gasteiger partial charge in [-0.15, -0.1) is 10.2 Å². The third-order valence-electron chi connectivity index (χ3n) is 5.33. The summed E-state index contributed by atoms with van der Waals surface area (Å²) in [5.41, 5.74) is 0.917. The fourth-order valence-electron chi connectivity index (χ4n) is 3.95. The Labute approximate surface area is 148 Å². The number of likely N-dealkylation sites (tertiary alicyclic amines) is 1. The van der Waals surface area contributed by atoms with Crippen molar-refractivity contribution in [2.45, 2.75) is 24.9 Å². The lowest BCUT2D eigenvalue weighted by Gasteiger charge is -2.34. The van der Waals surface area contributed by atoms with E-state index in [-0.39, 0.29) is 6.10 Å². The Balaban J connectivity index is 1.28. The normalized spacial score (nSPS) is 22.4. The Hall–Kier alpha value is -1.54. The van der Waals surface area contributed by atoms with E-state index in [1.807, 2.05) is 24.4 Å². The molecule has 2 saturated heterocycles. The van der Waals surface area contributed by atoms with Crippen molar-refractivity contribution in [2.24, 2.45) is 0 Å². The van der Waals surface area contributed by atoms with E-state index in [0.717, 1.165) is 76.8 Å². The molecule has 0 bridgehead atoms. The van der Waals surface area contributed by atoms with E-state index in [2.05, 4.69) is 24.4 Å². The highest BCUT2D eigenvalue weighted by atomic mass is 16.5. The molecule has 25 heavy (non-hydrogen) atoms. The maximum absolute atomic E-state index is 10.4. The van der Waals surface area contributed by atoms with Crippen LogP contribution in [0, 0.1) is 0 Å². The smallest absolute Gasteiger partial charge is 0.160 e. The number of hydrogen-bond donors (Lipinski definition) is 1. The number of pyridine rings is 1. The third-order valence-corrected chi connectivity index (χ3v) is 5.33. The van der Waals surface area contributed by atoms with Gasteiger partial charge < -0.3 is 14.7 Å². The molecule has 0 amide bonds. The summed E-state index contributed by atoms with van der Waals surface area (Å²) in [7, 11) is 0. The van der Waals surface area contributed by atoms with Gasteiger partial charge in [-0.05, 0) is 38.1 Å². The van der Waals surface area contributed by atoms with Gasteiger partial charge in [0.05, 0.1) is 19.3 Å². The number of aliphatic hydroxyl groups excluding tert-OH is 1. The van der Waals surface area contributed by atoms with Crippen molar-refractivity contribution in [3.63, 3.8) is 0 Å². The molecule has 0 saturated carbocycles. The van der Waals surface area contributed by atoms with E-state index in [0.29, 0.717) is 5.92 Å². The van der Waals surface area contributed by atoms with Gasteiger partial charge >= 0.3 is 0 Å². The number of nitrogens with zero attached hydrogens (tertiary/aromatic N) is 5. The van der Waals surface area contributed by atoms with Crippen LogP contribution in [0.15, 0.2) is 24.4 Å². The van der Waals surface area contributed by atoms with Crippen LogP contribution in [0.25, 0.3) is 5.65 Å². The number of aliphatic hydroxyl groups is 1. The van der Waals surface area contributed by atoms with Crippen LogP contribution in [0.3, 0.4) is 0 Å². The summed E-state index contributed by atoms with van der Waals surface area (Å²) in [5.74, 6) is 1.52. The van der Waals surface area contributed by atoms with Crippen LogP contribution in [-0.2, 0) is 4.74 Å². The van der Waals surface area contributed by atoms with Gasteiger partial charge in [0.15, 0.2) is 5.65 Å². The summed E-state index contributed by atoms with van der Waals surface area (Å²) < 4.78 is 7.47. The zero-order chi connectivity index (χ0) is 17.1. The van der Waals surface area contributed by atoms with E-state index in [1.165, 1.54) is 0 Å². The Bertz CT molecular complexity index is 677. The summed E-state index contributed by atoms with van der Waals surface area (Å²) >= 11 is 0. The molecule has 0 radical (unpaired) electrons. The highest BCUT2D eigenvalue weighted by Gasteiger charge is 2.26. The maximum atomic E-state index is 10.4. The van der Waals surface area contributed by atoms with E-state index >= 15 is 0 Å². The molecule has 2 fully saturated rings. The van der Waals surface area contributed by atoms with Gasteiger partial charge in [-0.1, -0.05) is 6.07 Å². The molecule has 0 aromatic carbocycles. The lowest BCUT2D eigenvalue weighted by molar-refractivity contribution is 0.00502. The molecule has 1 unspecified atom stereocenters. The van der Waals surface area contributed by atoms with Gasteiger partial charge in [0, 0.05) is 38.3 Å². The number of hydrogen-bond acceptors (Lipinski definition) is 6. The van der Waals surface area contributed by atoms with Crippen molar-refractivity contribution in [3.8, 4) is 0 Å². The number of fused-ring (bicyclic) bond motifs is 1. The zero-order valence-corrected chi connectivity index (χ0v) is 14.6. The first-order chi connectivity index (χ1) is 12.3. The summed E-state index contributed by atoms with van der Waals surface area (Å²) in [5, 5.41) is 19.1. The number of piperidine rings is 1. The van der Waals surface area contributed by atoms with Crippen molar-refractivity contribution in [2.75, 3.05) is 52.5 Å². The topological polar surface area (TPSA) is 66.1 Å². The second-order valence-electron chi connectivity index (χ2n) is 7.13. The average molecular weight is 345 g/mol. The molecule has 2 aromatic heterocycles. The van der Waals surface area contributed by atoms with Crippen LogP contribution in [-0.4, -0.2) is 88.1 Å². The summed E-state index contributed by atoms with van der Waals surface area (Å²) in [4.78, 5) is 4.67. The maximum Gasteiger partial charge on any atom is 0.160 e. The molecule has 7 heteroatoms. The van der Waals surface area contributed by atoms with Crippen molar-refractivity contribution in [3.05, 3.63) is 30.2 Å². The molecule has 2 aliphatic heterocycles. The molecule has 2 aliphatic rings. The van der Waals surface area contributed by atoms with Crippen LogP contribution in [0.2, 0.25) is 0 Å².